The van der Waals surface area contributed by atoms with Gasteiger partial charge in [0.2, 0.25) is 5.91 Å². The van der Waals surface area contributed by atoms with Gasteiger partial charge in [0.05, 0.1) is 6.61 Å². The summed E-state index contributed by atoms with van der Waals surface area (Å²) >= 11 is 0. The van der Waals surface area contributed by atoms with Crippen molar-refractivity contribution in [3.05, 3.63) is 0 Å². The molecule has 1 aliphatic rings. The van der Waals surface area contributed by atoms with E-state index in [1.54, 1.807) is 0 Å². The van der Waals surface area contributed by atoms with E-state index in [4.69, 9.17) is 4.74 Å². The zero-order valence-corrected chi connectivity index (χ0v) is 11.7. The van der Waals surface area contributed by atoms with Crippen LogP contribution >= 0.6 is 12.4 Å². The summed E-state index contributed by atoms with van der Waals surface area (Å²) in [5, 5.41) is 3.35. The predicted octanol–water partition coefficient (Wildman–Crippen LogP) is 1.44. The third-order valence-electron chi connectivity index (χ3n) is 3.03. The number of hydrogen-bond acceptors (Lipinski definition) is 3. The van der Waals surface area contributed by atoms with Gasteiger partial charge >= 0.3 is 0 Å². The van der Waals surface area contributed by atoms with Crippen molar-refractivity contribution in [1.82, 2.24) is 10.2 Å². The standard InChI is InChI=1S/C12H24N2O2.ClH/c1-3-14(8-9-16-4-2)12(15)10-11-6-5-7-13-11;/h11,13H,3-10H2,1-2H3;1H. The molecule has 1 rings (SSSR count). The molecule has 1 unspecified atom stereocenters. The van der Waals surface area contributed by atoms with E-state index >= 15 is 0 Å². The van der Waals surface area contributed by atoms with Crippen LogP contribution < -0.4 is 5.32 Å². The lowest BCUT2D eigenvalue weighted by atomic mass is 10.1. The minimum Gasteiger partial charge on any atom is -0.380 e. The first-order valence-corrected chi connectivity index (χ1v) is 6.36. The van der Waals surface area contributed by atoms with E-state index in [0.29, 0.717) is 19.1 Å². The summed E-state index contributed by atoms with van der Waals surface area (Å²) in [5.41, 5.74) is 0. The molecule has 0 radical (unpaired) electrons. The highest BCUT2D eigenvalue weighted by Gasteiger charge is 2.20. The Bertz CT molecular complexity index is 209. The highest BCUT2D eigenvalue weighted by molar-refractivity contribution is 5.85. The second kappa shape index (κ2) is 9.68. The van der Waals surface area contributed by atoms with Crippen LogP contribution in [-0.2, 0) is 9.53 Å². The largest absolute Gasteiger partial charge is 0.380 e. The normalized spacial score (nSPS) is 18.8. The first-order valence-electron chi connectivity index (χ1n) is 6.36. The summed E-state index contributed by atoms with van der Waals surface area (Å²) in [6, 6.07) is 0.397. The molecule has 1 N–H and O–H groups in total. The molecule has 0 aromatic rings. The van der Waals surface area contributed by atoms with E-state index in [2.05, 4.69) is 5.32 Å². The number of rotatable bonds is 7. The van der Waals surface area contributed by atoms with E-state index in [0.717, 1.165) is 32.7 Å². The Morgan fingerprint density at radius 2 is 2.24 bits per heavy atom. The molecular formula is C12H25ClN2O2. The topological polar surface area (TPSA) is 41.6 Å². The summed E-state index contributed by atoms with van der Waals surface area (Å²) in [6.45, 7) is 7.91. The summed E-state index contributed by atoms with van der Waals surface area (Å²) in [4.78, 5) is 13.8. The molecule has 0 spiro atoms. The molecule has 1 fully saturated rings. The van der Waals surface area contributed by atoms with Crippen LogP contribution in [-0.4, -0.2) is 49.7 Å². The lowest BCUT2D eigenvalue weighted by Gasteiger charge is -2.22. The van der Waals surface area contributed by atoms with Gasteiger partial charge in [0, 0.05) is 32.2 Å². The summed E-state index contributed by atoms with van der Waals surface area (Å²) < 4.78 is 5.28. The predicted molar refractivity (Wildman–Crippen MR) is 71.6 cm³/mol. The molecule has 0 saturated carbocycles. The van der Waals surface area contributed by atoms with Crippen molar-refractivity contribution in [2.45, 2.75) is 39.2 Å². The molecule has 4 nitrogen and oxygen atoms in total. The monoisotopic (exact) mass is 264 g/mol. The fraction of sp³-hybridized carbons (Fsp3) is 0.917. The van der Waals surface area contributed by atoms with Crippen molar-refractivity contribution in [3.8, 4) is 0 Å². The molecule has 1 heterocycles. The maximum atomic E-state index is 12.0. The van der Waals surface area contributed by atoms with Crippen LogP contribution in [0, 0.1) is 0 Å². The number of halogens is 1. The number of carbonyl (C=O) groups is 1. The Morgan fingerprint density at radius 1 is 1.47 bits per heavy atom. The molecule has 0 aromatic heterocycles. The SMILES string of the molecule is CCOCCN(CC)C(=O)CC1CCCN1.Cl. The van der Waals surface area contributed by atoms with Crippen LogP contribution in [0.1, 0.15) is 33.1 Å². The van der Waals surface area contributed by atoms with Crippen LogP contribution in [0.25, 0.3) is 0 Å². The van der Waals surface area contributed by atoms with Gasteiger partial charge in [-0.05, 0) is 33.2 Å². The number of carbonyl (C=O) groups excluding carboxylic acids is 1. The fourth-order valence-electron chi connectivity index (χ4n) is 2.05. The van der Waals surface area contributed by atoms with Crippen molar-refractivity contribution in [3.63, 3.8) is 0 Å². The zero-order valence-electron chi connectivity index (χ0n) is 10.9. The van der Waals surface area contributed by atoms with E-state index in [1.165, 1.54) is 6.42 Å². The van der Waals surface area contributed by atoms with E-state index in [9.17, 15) is 4.79 Å². The summed E-state index contributed by atoms with van der Waals surface area (Å²) in [5.74, 6) is 0.251. The average molecular weight is 265 g/mol. The smallest absolute Gasteiger partial charge is 0.224 e. The van der Waals surface area contributed by atoms with Crippen molar-refractivity contribution in [2.24, 2.45) is 0 Å². The van der Waals surface area contributed by atoms with Gasteiger partial charge in [-0.15, -0.1) is 12.4 Å². The first-order chi connectivity index (χ1) is 7.77. The van der Waals surface area contributed by atoms with Crippen LogP contribution in [0.4, 0.5) is 0 Å². The quantitative estimate of drug-likeness (QED) is 0.708. The van der Waals surface area contributed by atoms with E-state index in [1.807, 2.05) is 18.7 Å². The molecule has 17 heavy (non-hydrogen) atoms. The Morgan fingerprint density at radius 3 is 2.76 bits per heavy atom. The van der Waals surface area contributed by atoms with Crippen LogP contribution in [0.15, 0.2) is 0 Å². The molecular weight excluding hydrogens is 240 g/mol. The fourth-order valence-corrected chi connectivity index (χ4v) is 2.05. The molecule has 5 heteroatoms. The molecule has 1 saturated heterocycles. The van der Waals surface area contributed by atoms with Gasteiger partial charge in [-0.2, -0.15) is 0 Å². The van der Waals surface area contributed by atoms with Gasteiger partial charge in [-0.25, -0.2) is 0 Å². The molecule has 0 bridgehead atoms. The third kappa shape index (κ3) is 6.24. The number of hydrogen-bond donors (Lipinski definition) is 1. The second-order valence-corrected chi connectivity index (χ2v) is 4.17. The number of ether oxygens (including phenoxy) is 1. The minimum atomic E-state index is 0. The van der Waals surface area contributed by atoms with Crippen molar-refractivity contribution < 1.29 is 9.53 Å². The maximum Gasteiger partial charge on any atom is 0.224 e. The lowest BCUT2D eigenvalue weighted by molar-refractivity contribution is -0.132. The highest BCUT2D eigenvalue weighted by atomic mass is 35.5. The number of amides is 1. The zero-order chi connectivity index (χ0) is 11.8. The molecule has 1 atom stereocenters. The third-order valence-corrected chi connectivity index (χ3v) is 3.03. The molecule has 1 amide bonds. The van der Waals surface area contributed by atoms with E-state index in [-0.39, 0.29) is 18.3 Å². The Hall–Kier alpha value is -0.320. The van der Waals surface area contributed by atoms with Crippen molar-refractivity contribution >= 4 is 18.3 Å². The average Bonchev–Trinajstić information content (AvgIpc) is 2.77. The number of nitrogens with zero attached hydrogens (tertiary/aromatic N) is 1. The van der Waals surface area contributed by atoms with Gasteiger partial charge in [0.15, 0.2) is 0 Å². The van der Waals surface area contributed by atoms with Crippen molar-refractivity contribution in [1.29, 1.82) is 0 Å². The molecule has 102 valence electrons. The lowest BCUT2D eigenvalue weighted by Crippen LogP contribution is -2.37. The van der Waals surface area contributed by atoms with E-state index < -0.39 is 0 Å². The summed E-state index contributed by atoms with van der Waals surface area (Å²) in [7, 11) is 0. The van der Waals surface area contributed by atoms with Crippen LogP contribution in [0.2, 0.25) is 0 Å². The van der Waals surface area contributed by atoms with Gasteiger partial charge in [0.1, 0.15) is 0 Å². The highest BCUT2D eigenvalue weighted by Crippen LogP contribution is 2.10. The molecule has 0 aromatic carbocycles. The Labute approximate surface area is 110 Å². The van der Waals surface area contributed by atoms with Crippen molar-refractivity contribution in [2.75, 3.05) is 32.8 Å². The van der Waals surface area contributed by atoms with Gasteiger partial charge in [-0.1, -0.05) is 0 Å². The maximum absolute atomic E-state index is 12.0. The molecule has 1 aliphatic heterocycles. The Kier molecular flexibility index (Phi) is 9.50. The first kappa shape index (κ1) is 16.7. The van der Waals surface area contributed by atoms with Crippen LogP contribution in [0.3, 0.4) is 0 Å². The van der Waals surface area contributed by atoms with Gasteiger partial charge in [0.25, 0.3) is 0 Å². The summed E-state index contributed by atoms with van der Waals surface area (Å²) in [6.07, 6.45) is 2.97. The van der Waals surface area contributed by atoms with Gasteiger partial charge in [-0.3, -0.25) is 4.79 Å². The minimum absolute atomic E-state index is 0. The Balaban J connectivity index is 0.00000256. The second-order valence-electron chi connectivity index (χ2n) is 4.17. The molecule has 0 aliphatic carbocycles. The van der Waals surface area contributed by atoms with Gasteiger partial charge < -0.3 is 15.0 Å². The number of nitrogens with one attached hydrogen (secondary N) is 1. The van der Waals surface area contributed by atoms with Crippen LogP contribution in [0.5, 0.6) is 0 Å². The number of likely N-dealkylation sites (N-methyl/N-ethyl adjacent to an activating group) is 1.